The fourth-order valence-electron chi connectivity index (χ4n) is 2.89. The number of carbonyl (C=O) groups is 1. The molecule has 0 spiro atoms. The number of carboxylic acid groups (broad SMARTS) is 1. The lowest BCUT2D eigenvalue weighted by Crippen LogP contribution is -2.24. The minimum atomic E-state index is -1.03. The van der Waals surface area contributed by atoms with Crippen LogP contribution in [0.25, 0.3) is 16.9 Å². The SMILES string of the molecule is CCN(CC)c1nc(-n2cc(C(=O)O)cn2)nc2ccc(C(C)C)cc12. The molecule has 136 valence electrons. The van der Waals surface area contributed by atoms with Crippen LogP contribution in [0.3, 0.4) is 0 Å². The second-order valence-electron chi connectivity index (χ2n) is 6.43. The molecular weight excluding hydrogens is 330 g/mol. The van der Waals surface area contributed by atoms with Gasteiger partial charge < -0.3 is 10.0 Å². The lowest BCUT2D eigenvalue weighted by molar-refractivity contribution is 0.0697. The number of aromatic nitrogens is 4. The molecule has 3 aromatic rings. The van der Waals surface area contributed by atoms with Gasteiger partial charge in [0.1, 0.15) is 5.82 Å². The largest absolute Gasteiger partial charge is 0.478 e. The summed E-state index contributed by atoms with van der Waals surface area (Å²) in [4.78, 5) is 22.6. The van der Waals surface area contributed by atoms with Crippen molar-refractivity contribution in [3.05, 3.63) is 41.7 Å². The van der Waals surface area contributed by atoms with E-state index in [2.05, 4.69) is 54.8 Å². The van der Waals surface area contributed by atoms with E-state index >= 15 is 0 Å². The van der Waals surface area contributed by atoms with Crippen LogP contribution in [0.1, 0.15) is 49.5 Å². The van der Waals surface area contributed by atoms with E-state index in [0.717, 1.165) is 29.8 Å². The summed E-state index contributed by atoms with van der Waals surface area (Å²) in [6.07, 6.45) is 2.73. The molecule has 0 radical (unpaired) electrons. The first-order valence-corrected chi connectivity index (χ1v) is 8.79. The molecule has 0 unspecified atom stereocenters. The molecule has 0 aliphatic carbocycles. The van der Waals surface area contributed by atoms with Gasteiger partial charge in [-0.05, 0) is 37.5 Å². The van der Waals surface area contributed by atoms with Crippen LogP contribution in [-0.2, 0) is 0 Å². The number of hydrogen-bond donors (Lipinski definition) is 1. The van der Waals surface area contributed by atoms with Gasteiger partial charge in [-0.3, -0.25) is 0 Å². The summed E-state index contributed by atoms with van der Waals surface area (Å²) in [5.74, 6) is 0.588. The van der Waals surface area contributed by atoms with Gasteiger partial charge in [-0.15, -0.1) is 0 Å². The zero-order chi connectivity index (χ0) is 18.8. The third-order valence-electron chi connectivity index (χ3n) is 4.45. The van der Waals surface area contributed by atoms with E-state index in [1.165, 1.54) is 22.6 Å². The quantitative estimate of drug-likeness (QED) is 0.730. The summed E-state index contributed by atoms with van der Waals surface area (Å²) < 4.78 is 1.41. The third-order valence-corrected chi connectivity index (χ3v) is 4.45. The zero-order valence-electron chi connectivity index (χ0n) is 15.5. The van der Waals surface area contributed by atoms with Crippen LogP contribution < -0.4 is 4.90 Å². The Bertz CT molecular complexity index is 944. The molecule has 0 saturated carbocycles. The molecule has 0 aliphatic heterocycles. The van der Waals surface area contributed by atoms with E-state index in [0.29, 0.717) is 11.9 Å². The van der Waals surface area contributed by atoms with E-state index < -0.39 is 5.97 Å². The topological polar surface area (TPSA) is 84.1 Å². The minimum Gasteiger partial charge on any atom is -0.478 e. The van der Waals surface area contributed by atoms with Crippen molar-refractivity contribution in [1.29, 1.82) is 0 Å². The Kier molecular flexibility index (Phi) is 4.88. The molecule has 7 nitrogen and oxygen atoms in total. The first-order valence-electron chi connectivity index (χ1n) is 8.79. The molecule has 7 heteroatoms. The van der Waals surface area contributed by atoms with Crippen LogP contribution in [0.4, 0.5) is 5.82 Å². The molecule has 0 amide bonds. The number of carboxylic acids is 1. The highest BCUT2D eigenvalue weighted by Crippen LogP contribution is 2.28. The van der Waals surface area contributed by atoms with Crippen LogP contribution in [-0.4, -0.2) is 43.9 Å². The first kappa shape index (κ1) is 17.8. The molecule has 0 aliphatic rings. The predicted octanol–water partition coefficient (Wildman–Crippen LogP) is 3.48. The highest BCUT2D eigenvalue weighted by atomic mass is 16.4. The van der Waals surface area contributed by atoms with Crippen molar-refractivity contribution < 1.29 is 9.90 Å². The van der Waals surface area contributed by atoms with Gasteiger partial charge in [0.25, 0.3) is 5.95 Å². The second kappa shape index (κ2) is 7.11. The number of nitrogens with zero attached hydrogens (tertiary/aromatic N) is 5. The van der Waals surface area contributed by atoms with Crippen LogP contribution in [0.5, 0.6) is 0 Å². The predicted molar refractivity (Wildman–Crippen MR) is 101 cm³/mol. The van der Waals surface area contributed by atoms with Crippen LogP contribution >= 0.6 is 0 Å². The number of benzene rings is 1. The Morgan fingerprint density at radius 2 is 1.96 bits per heavy atom. The van der Waals surface area contributed by atoms with E-state index in [1.807, 2.05) is 6.07 Å². The maximum atomic E-state index is 11.1. The molecule has 1 aromatic carbocycles. The van der Waals surface area contributed by atoms with Gasteiger partial charge in [-0.25, -0.2) is 14.5 Å². The normalized spacial score (nSPS) is 11.3. The first-order chi connectivity index (χ1) is 12.4. The number of anilines is 1. The van der Waals surface area contributed by atoms with E-state index in [1.54, 1.807) is 0 Å². The van der Waals surface area contributed by atoms with Crippen molar-refractivity contribution >= 4 is 22.7 Å². The Hall–Kier alpha value is -2.96. The van der Waals surface area contributed by atoms with Crippen LogP contribution in [0.2, 0.25) is 0 Å². The fraction of sp³-hybridized carbons (Fsp3) is 0.368. The summed E-state index contributed by atoms with van der Waals surface area (Å²) in [5.41, 5.74) is 2.15. The van der Waals surface area contributed by atoms with Crippen LogP contribution in [0, 0.1) is 0 Å². The van der Waals surface area contributed by atoms with Gasteiger partial charge in [0.2, 0.25) is 0 Å². The van der Waals surface area contributed by atoms with Gasteiger partial charge >= 0.3 is 5.97 Å². The zero-order valence-corrected chi connectivity index (χ0v) is 15.5. The Morgan fingerprint density at radius 3 is 2.54 bits per heavy atom. The van der Waals surface area contributed by atoms with Crippen molar-refractivity contribution in [2.75, 3.05) is 18.0 Å². The van der Waals surface area contributed by atoms with Gasteiger partial charge in [-0.1, -0.05) is 19.9 Å². The second-order valence-corrected chi connectivity index (χ2v) is 6.43. The van der Waals surface area contributed by atoms with E-state index in [-0.39, 0.29) is 5.56 Å². The minimum absolute atomic E-state index is 0.105. The summed E-state index contributed by atoms with van der Waals surface area (Å²) in [5, 5.41) is 14.2. The summed E-state index contributed by atoms with van der Waals surface area (Å²) in [6.45, 7) is 10.1. The average molecular weight is 353 g/mol. The van der Waals surface area contributed by atoms with Crippen LogP contribution in [0.15, 0.2) is 30.6 Å². The van der Waals surface area contributed by atoms with Crippen molar-refractivity contribution in [2.24, 2.45) is 0 Å². The molecule has 1 N–H and O–H groups in total. The molecule has 26 heavy (non-hydrogen) atoms. The Labute approximate surface area is 152 Å². The summed E-state index contributed by atoms with van der Waals surface area (Å²) in [7, 11) is 0. The lowest BCUT2D eigenvalue weighted by Gasteiger charge is -2.22. The molecular formula is C19H23N5O2. The van der Waals surface area contributed by atoms with Crippen molar-refractivity contribution in [1.82, 2.24) is 19.7 Å². The van der Waals surface area contributed by atoms with Gasteiger partial charge in [0.15, 0.2) is 0 Å². The average Bonchev–Trinajstić information content (AvgIpc) is 3.12. The third kappa shape index (κ3) is 3.24. The molecule has 0 bridgehead atoms. The fourth-order valence-corrected chi connectivity index (χ4v) is 2.89. The summed E-state index contributed by atoms with van der Waals surface area (Å²) >= 11 is 0. The van der Waals surface area contributed by atoms with Gasteiger partial charge in [-0.2, -0.15) is 10.1 Å². The highest BCUT2D eigenvalue weighted by Gasteiger charge is 2.16. The Balaban J connectivity index is 2.22. The van der Waals surface area contributed by atoms with Crippen molar-refractivity contribution in [3.63, 3.8) is 0 Å². The Morgan fingerprint density at radius 1 is 1.23 bits per heavy atom. The maximum absolute atomic E-state index is 11.1. The van der Waals surface area contributed by atoms with Gasteiger partial charge in [0.05, 0.1) is 17.3 Å². The number of rotatable bonds is 6. The maximum Gasteiger partial charge on any atom is 0.338 e. The number of hydrogen-bond acceptors (Lipinski definition) is 5. The number of fused-ring (bicyclic) bond motifs is 1. The van der Waals surface area contributed by atoms with Gasteiger partial charge in [0, 0.05) is 24.7 Å². The molecule has 2 aromatic heterocycles. The smallest absolute Gasteiger partial charge is 0.338 e. The molecule has 0 saturated heterocycles. The highest BCUT2D eigenvalue weighted by molar-refractivity contribution is 5.91. The number of aromatic carboxylic acids is 1. The molecule has 2 heterocycles. The van der Waals surface area contributed by atoms with Crippen molar-refractivity contribution in [3.8, 4) is 5.95 Å². The molecule has 0 atom stereocenters. The monoisotopic (exact) mass is 353 g/mol. The lowest BCUT2D eigenvalue weighted by atomic mass is 10.0. The summed E-state index contributed by atoms with van der Waals surface area (Å²) in [6, 6.07) is 6.20. The molecule has 3 rings (SSSR count). The van der Waals surface area contributed by atoms with Crippen molar-refractivity contribution in [2.45, 2.75) is 33.6 Å². The van der Waals surface area contributed by atoms with E-state index in [9.17, 15) is 4.79 Å². The molecule has 0 fully saturated rings. The standard InChI is InChI=1S/C19H23N5O2/c1-5-23(6-2)17-15-9-13(12(3)4)7-8-16(15)21-19(22-17)24-11-14(10-20-24)18(25)26/h7-12H,5-6H2,1-4H3,(H,25,26). The van der Waals surface area contributed by atoms with E-state index in [4.69, 9.17) is 10.1 Å².